The molecule has 5 aromatic carbocycles. The zero-order chi connectivity index (χ0) is 46.4. The zero-order valence-electron chi connectivity index (χ0n) is 29.5. The van der Waals surface area contributed by atoms with Gasteiger partial charge in [-0.2, -0.15) is 4.57 Å². The number of rotatable bonds is 8. The molecule has 0 saturated heterocycles. The van der Waals surface area contributed by atoms with Gasteiger partial charge in [0.15, 0.2) is 82.2 Å². The average molecular weight is 970 g/mol. The highest BCUT2D eigenvalue weighted by Crippen LogP contribution is 2.30. The highest BCUT2D eigenvalue weighted by atomic mass is 79.9. The van der Waals surface area contributed by atoms with E-state index in [4.69, 9.17) is 0 Å². The van der Waals surface area contributed by atoms with Gasteiger partial charge in [0.25, 0.3) is 0 Å². The molecule has 0 saturated carbocycles. The van der Waals surface area contributed by atoms with Crippen molar-refractivity contribution in [3.8, 4) is 0 Å². The molecule has 0 aliphatic heterocycles. The van der Waals surface area contributed by atoms with Crippen molar-refractivity contribution in [1.29, 1.82) is 0 Å². The topological polar surface area (TPSA) is 20.9 Å². The molecule has 2 nitrogen and oxygen atoms in total. The van der Waals surface area contributed by atoms with Crippen LogP contribution in [0.4, 0.5) is 87.8 Å². The number of halogens is 21. The predicted octanol–water partition coefficient (Wildman–Crippen LogP) is 8.60. The normalized spacial score (nSPS) is 11.5. The summed E-state index contributed by atoms with van der Waals surface area (Å²) in [5.74, 6) is -71.3. The summed E-state index contributed by atoms with van der Waals surface area (Å²) in [4.78, 5) is 11.9. The minimum absolute atomic E-state index is 0.127. The Morgan fingerprint density at radius 3 is 0.871 bits per heavy atom. The van der Waals surface area contributed by atoms with Crippen LogP contribution in [0.15, 0.2) is 54.9 Å². The lowest BCUT2D eigenvalue weighted by atomic mass is 9.12. The third kappa shape index (κ3) is 7.54. The van der Waals surface area contributed by atoms with Crippen LogP contribution in [0.2, 0.25) is 0 Å². The minimum atomic E-state index is -7.22. The van der Waals surface area contributed by atoms with E-state index in [0.29, 0.717) is 6.54 Å². The molecule has 0 N–H and O–H groups in total. The molecule has 326 valence electrons. The third-order valence-corrected chi connectivity index (χ3v) is 9.89. The van der Waals surface area contributed by atoms with Crippen molar-refractivity contribution in [1.82, 2.24) is 0 Å². The van der Waals surface area contributed by atoms with Gasteiger partial charge in [-0.05, 0) is 5.56 Å². The summed E-state index contributed by atoms with van der Waals surface area (Å²) in [7, 11) is 0. The lowest BCUT2D eigenvalue weighted by Crippen LogP contribution is -2.81. The second kappa shape index (κ2) is 17.8. The molecule has 6 rings (SSSR count). The van der Waals surface area contributed by atoms with Crippen LogP contribution in [0.5, 0.6) is 0 Å². The van der Waals surface area contributed by atoms with Gasteiger partial charge in [0, 0.05) is 23.0 Å². The lowest BCUT2D eigenvalue weighted by molar-refractivity contribution is -0.683. The first-order chi connectivity index (χ1) is 29.0. The van der Waals surface area contributed by atoms with Crippen molar-refractivity contribution < 1.29 is 97.2 Å². The number of aromatic nitrogens is 1. The molecule has 0 atom stereocenters. The van der Waals surface area contributed by atoms with Crippen LogP contribution in [-0.4, -0.2) is 11.9 Å². The van der Waals surface area contributed by atoms with Gasteiger partial charge in [-0.15, -0.1) is 21.9 Å². The first kappa shape index (κ1) is 47.1. The summed E-state index contributed by atoms with van der Waals surface area (Å²) >= 11 is 3.39. The summed E-state index contributed by atoms with van der Waals surface area (Å²) in [5.41, 5.74) is -12.4. The van der Waals surface area contributed by atoms with E-state index in [0.717, 1.165) is 10.9 Å². The molecule has 0 fully saturated rings. The van der Waals surface area contributed by atoms with Crippen LogP contribution in [0.3, 0.4) is 0 Å². The van der Waals surface area contributed by atoms with E-state index in [1.54, 1.807) is 0 Å². The molecule has 0 radical (unpaired) electrons. The Balaban J connectivity index is 0.000000355. The molecule has 0 amide bonds. The fraction of sp³-hybridized carbons (Fsp3) is 0.0526. The lowest BCUT2D eigenvalue weighted by Gasteiger charge is -2.44. The number of hydrogen-bond donors (Lipinski definition) is 0. The standard InChI is InChI=1S/C24BF20.C14H13BrNO/c26-5-1(6(27)14(35)21(42)13(5)34)25(2-7(28)15(36)22(43)16(37)8(2)29,3-9(30)17(38)23(44)18(39)10(3)31)4-11(32)19(40)24(45)20(41)12(4)33;15-10-12-6-8-16(9-7-12)11-14(17)13-4-2-1-3-5-13/h;1-9H,10-11H2/q-1;+1. The number of hydrogen-bond acceptors (Lipinski definition) is 1. The summed E-state index contributed by atoms with van der Waals surface area (Å²) in [6.07, 6.45) is -3.36. The van der Waals surface area contributed by atoms with Crippen molar-refractivity contribution in [3.05, 3.63) is 182 Å². The maximum absolute atomic E-state index is 15.4. The van der Waals surface area contributed by atoms with Gasteiger partial charge in [0.05, 0.1) is 0 Å². The van der Waals surface area contributed by atoms with E-state index < -0.39 is 144 Å². The van der Waals surface area contributed by atoms with Crippen molar-refractivity contribution in [2.75, 3.05) is 0 Å². The summed E-state index contributed by atoms with van der Waals surface area (Å²) in [5, 5.41) is 0.834. The van der Waals surface area contributed by atoms with Crippen LogP contribution in [0.25, 0.3) is 0 Å². The van der Waals surface area contributed by atoms with Gasteiger partial charge in [0.1, 0.15) is 52.7 Å². The number of Topliss-reactive ketones (excluding diaryl/α,β-unsaturated/α-hetero) is 1. The van der Waals surface area contributed by atoms with Gasteiger partial charge < -0.3 is 0 Å². The molecule has 1 aromatic heterocycles. The van der Waals surface area contributed by atoms with Crippen LogP contribution in [-0.2, 0) is 11.9 Å². The summed E-state index contributed by atoms with van der Waals surface area (Å²) < 4.78 is 296. The second-order valence-electron chi connectivity index (χ2n) is 12.6. The van der Waals surface area contributed by atoms with Crippen LogP contribution in [0, 0.1) is 116 Å². The molecule has 24 heteroatoms. The molecule has 0 bridgehead atoms. The molecule has 62 heavy (non-hydrogen) atoms. The highest BCUT2D eigenvalue weighted by Gasteiger charge is 2.52. The minimum Gasteiger partial charge on any atom is -0.287 e. The molecule has 0 aliphatic carbocycles. The van der Waals surface area contributed by atoms with Crippen LogP contribution < -0.4 is 26.4 Å². The summed E-state index contributed by atoms with van der Waals surface area (Å²) in [6.45, 7) is 0.382. The fourth-order valence-electron chi connectivity index (χ4n) is 6.44. The molecule has 6 aromatic rings. The van der Waals surface area contributed by atoms with E-state index in [1.165, 1.54) is 5.56 Å². The van der Waals surface area contributed by atoms with E-state index in [1.807, 2.05) is 59.4 Å². The van der Waals surface area contributed by atoms with Gasteiger partial charge in [-0.3, -0.25) is 4.79 Å². The number of alkyl halides is 1. The SMILES string of the molecule is Fc1c(F)c(F)c([B-](c2c(F)c(F)c(F)c(F)c2F)(c2c(F)c(F)c(F)c(F)c2F)c2c(F)c(F)c(F)c(F)c2F)c(F)c1F.O=C(C[n+]1ccc(CBr)cc1)c1ccccc1. The third-order valence-electron chi connectivity index (χ3n) is 9.24. The van der Waals surface area contributed by atoms with E-state index in [-0.39, 0.29) is 5.78 Å². The zero-order valence-corrected chi connectivity index (χ0v) is 31.1. The maximum Gasteiger partial charge on any atom is 0.227 e. The van der Waals surface area contributed by atoms with E-state index in [2.05, 4.69) is 15.9 Å². The Kier molecular flexibility index (Phi) is 13.5. The first-order valence-corrected chi connectivity index (χ1v) is 17.5. The van der Waals surface area contributed by atoms with Crippen molar-refractivity contribution in [2.24, 2.45) is 0 Å². The Bertz CT molecular complexity index is 2390. The second-order valence-corrected chi connectivity index (χ2v) is 13.2. The number of pyridine rings is 1. The van der Waals surface area contributed by atoms with Crippen molar-refractivity contribution in [2.45, 2.75) is 11.9 Å². The number of ketones is 1. The Hall–Kier alpha value is -5.94. The molecular weight excluding hydrogens is 957 g/mol. The number of benzene rings is 5. The monoisotopic (exact) mass is 969 g/mol. The van der Waals surface area contributed by atoms with E-state index in [9.17, 15) is 57.5 Å². The highest BCUT2D eigenvalue weighted by molar-refractivity contribution is 9.08. The maximum atomic E-state index is 15.4. The predicted molar refractivity (Wildman–Crippen MR) is 179 cm³/mol. The number of carbonyl (C=O) groups excluding carboxylic acids is 1. The largest absolute Gasteiger partial charge is 0.287 e. The molecule has 1 heterocycles. The molecule has 0 aliphatic rings. The van der Waals surface area contributed by atoms with Gasteiger partial charge in [-0.25, -0.2) is 87.8 Å². The Morgan fingerprint density at radius 1 is 0.387 bits per heavy atom. The molecular formula is C38H13BBrF20NO. The number of nitrogens with zero attached hydrogens (tertiary/aromatic N) is 1. The molecule has 0 unspecified atom stereocenters. The quantitative estimate of drug-likeness (QED) is 0.0285. The smallest absolute Gasteiger partial charge is 0.227 e. The summed E-state index contributed by atoms with van der Waals surface area (Å²) in [6, 6.07) is 13.4. The molecule has 0 spiro atoms. The van der Waals surface area contributed by atoms with Crippen LogP contribution >= 0.6 is 15.9 Å². The van der Waals surface area contributed by atoms with Gasteiger partial charge >= 0.3 is 0 Å². The Morgan fingerprint density at radius 2 is 0.629 bits per heavy atom. The van der Waals surface area contributed by atoms with Crippen molar-refractivity contribution in [3.63, 3.8) is 0 Å². The van der Waals surface area contributed by atoms with E-state index >= 15 is 35.1 Å². The fourth-order valence-corrected chi connectivity index (χ4v) is 6.81. The first-order valence-electron chi connectivity index (χ1n) is 16.4. The average Bonchev–Trinajstić information content (AvgIpc) is 3.27. The van der Waals surface area contributed by atoms with Crippen molar-refractivity contribution >= 4 is 49.7 Å². The van der Waals surface area contributed by atoms with Gasteiger partial charge in [-0.1, -0.05) is 46.3 Å². The Labute approximate surface area is 340 Å². The van der Waals surface area contributed by atoms with Gasteiger partial charge in [0.2, 0.25) is 12.3 Å². The number of carbonyl (C=O) groups is 1. The van der Waals surface area contributed by atoms with Crippen LogP contribution in [0.1, 0.15) is 15.9 Å².